The molecule has 0 unspecified atom stereocenters. The molecule has 4 rings (SSSR count). The molecule has 0 aliphatic rings. The van der Waals surface area contributed by atoms with E-state index >= 15 is 0 Å². The Labute approximate surface area is 156 Å². The molecule has 0 N–H and O–H groups in total. The van der Waals surface area contributed by atoms with E-state index in [2.05, 4.69) is 64.2 Å². The van der Waals surface area contributed by atoms with E-state index in [1.165, 1.54) is 11.1 Å². The maximum atomic E-state index is 5.55. The second-order valence-corrected chi connectivity index (χ2v) is 7.06. The van der Waals surface area contributed by atoms with Gasteiger partial charge in [0, 0.05) is 11.3 Å². The summed E-state index contributed by atoms with van der Waals surface area (Å²) in [4.78, 5) is 0. The molecule has 0 fully saturated rings. The predicted octanol–water partition coefficient (Wildman–Crippen LogP) is 5.19. The lowest BCUT2D eigenvalue weighted by Crippen LogP contribution is -2.03. The SMILES string of the molecule is Cc1cccc(-c2nnc(SCc3ccccc3)n2Cc2ccco2)c1. The highest BCUT2D eigenvalue weighted by atomic mass is 32.2. The monoisotopic (exact) mass is 361 g/mol. The molecule has 0 saturated heterocycles. The summed E-state index contributed by atoms with van der Waals surface area (Å²) in [5, 5.41) is 9.81. The zero-order valence-corrected chi connectivity index (χ0v) is 15.3. The predicted molar refractivity (Wildman–Crippen MR) is 104 cm³/mol. The zero-order valence-electron chi connectivity index (χ0n) is 14.5. The Bertz CT molecular complexity index is 978. The van der Waals surface area contributed by atoms with Gasteiger partial charge in [-0.2, -0.15) is 0 Å². The van der Waals surface area contributed by atoms with Crippen LogP contribution in [0.4, 0.5) is 0 Å². The molecule has 0 amide bonds. The Morgan fingerprint density at radius 3 is 2.62 bits per heavy atom. The number of rotatable bonds is 6. The first-order chi connectivity index (χ1) is 12.8. The van der Waals surface area contributed by atoms with Crippen molar-refractivity contribution in [2.75, 3.05) is 0 Å². The van der Waals surface area contributed by atoms with Crippen LogP contribution in [-0.4, -0.2) is 14.8 Å². The van der Waals surface area contributed by atoms with Gasteiger partial charge in [0.05, 0.1) is 12.8 Å². The average Bonchev–Trinajstić information content (AvgIpc) is 3.31. The first-order valence-electron chi connectivity index (χ1n) is 8.49. The zero-order chi connectivity index (χ0) is 17.8. The summed E-state index contributed by atoms with van der Waals surface area (Å²) < 4.78 is 7.68. The lowest BCUT2D eigenvalue weighted by Gasteiger charge is -2.09. The van der Waals surface area contributed by atoms with E-state index in [-0.39, 0.29) is 0 Å². The third-order valence-electron chi connectivity index (χ3n) is 4.10. The molecule has 26 heavy (non-hydrogen) atoms. The average molecular weight is 361 g/mol. The van der Waals surface area contributed by atoms with Gasteiger partial charge < -0.3 is 4.42 Å². The summed E-state index contributed by atoms with van der Waals surface area (Å²) in [6, 6.07) is 22.6. The molecule has 0 radical (unpaired) electrons. The van der Waals surface area contributed by atoms with Gasteiger partial charge in [-0.25, -0.2) is 0 Å². The van der Waals surface area contributed by atoms with Crippen molar-refractivity contribution in [1.82, 2.24) is 14.8 Å². The van der Waals surface area contributed by atoms with Gasteiger partial charge in [0.2, 0.25) is 0 Å². The number of aromatic nitrogens is 3. The Morgan fingerprint density at radius 1 is 0.962 bits per heavy atom. The molecular weight excluding hydrogens is 342 g/mol. The molecule has 130 valence electrons. The normalized spacial score (nSPS) is 11.0. The molecule has 2 aromatic carbocycles. The quantitative estimate of drug-likeness (QED) is 0.444. The van der Waals surface area contributed by atoms with E-state index in [0.717, 1.165) is 28.1 Å². The molecule has 2 heterocycles. The largest absolute Gasteiger partial charge is 0.467 e. The summed E-state index contributed by atoms with van der Waals surface area (Å²) in [6.45, 7) is 2.70. The number of thioether (sulfide) groups is 1. The number of nitrogens with zero attached hydrogens (tertiary/aromatic N) is 3. The Kier molecular flexibility index (Phi) is 4.88. The minimum absolute atomic E-state index is 0.612. The number of benzene rings is 2. The van der Waals surface area contributed by atoms with Crippen molar-refractivity contribution >= 4 is 11.8 Å². The molecule has 4 aromatic rings. The maximum Gasteiger partial charge on any atom is 0.192 e. The number of hydrogen-bond donors (Lipinski definition) is 0. The molecule has 0 spiro atoms. The fourth-order valence-corrected chi connectivity index (χ4v) is 3.71. The molecular formula is C21H19N3OS. The molecule has 5 heteroatoms. The minimum atomic E-state index is 0.612. The van der Waals surface area contributed by atoms with Crippen LogP contribution in [0.1, 0.15) is 16.9 Å². The highest BCUT2D eigenvalue weighted by Crippen LogP contribution is 2.27. The van der Waals surface area contributed by atoms with E-state index in [1.807, 2.05) is 24.3 Å². The van der Waals surface area contributed by atoms with E-state index in [9.17, 15) is 0 Å². The van der Waals surface area contributed by atoms with Crippen molar-refractivity contribution < 1.29 is 4.42 Å². The highest BCUT2D eigenvalue weighted by molar-refractivity contribution is 7.98. The summed E-state index contributed by atoms with van der Waals surface area (Å²) >= 11 is 1.69. The van der Waals surface area contributed by atoms with Crippen LogP contribution in [0.25, 0.3) is 11.4 Å². The minimum Gasteiger partial charge on any atom is -0.467 e. The van der Waals surface area contributed by atoms with Crippen molar-refractivity contribution in [3.8, 4) is 11.4 Å². The number of furan rings is 1. The molecule has 0 bridgehead atoms. The Balaban J connectivity index is 1.67. The van der Waals surface area contributed by atoms with Crippen molar-refractivity contribution in [2.45, 2.75) is 24.4 Å². The summed E-state index contributed by atoms with van der Waals surface area (Å²) in [7, 11) is 0. The van der Waals surface area contributed by atoms with Crippen LogP contribution in [-0.2, 0) is 12.3 Å². The number of hydrogen-bond acceptors (Lipinski definition) is 4. The van der Waals surface area contributed by atoms with E-state index in [0.29, 0.717) is 6.54 Å². The van der Waals surface area contributed by atoms with E-state index in [1.54, 1.807) is 18.0 Å². The fraction of sp³-hybridized carbons (Fsp3) is 0.143. The van der Waals surface area contributed by atoms with Crippen LogP contribution in [0.2, 0.25) is 0 Å². The van der Waals surface area contributed by atoms with Gasteiger partial charge in [-0.05, 0) is 30.7 Å². The summed E-state index contributed by atoms with van der Waals surface area (Å²) in [6.07, 6.45) is 1.70. The smallest absolute Gasteiger partial charge is 0.192 e. The van der Waals surface area contributed by atoms with Gasteiger partial charge in [0.15, 0.2) is 11.0 Å². The van der Waals surface area contributed by atoms with Gasteiger partial charge in [0.1, 0.15) is 5.76 Å². The maximum absolute atomic E-state index is 5.55. The second kappa shape index (κ2) is 7.62. The van der Waals surface area contributed by atoms with Crippen molar-refractivity contribution in [2.24, 2.45) is 0 Å². The van der Waals surface area contributed by atoms with Crippen LogP contribution >= 0.6 is 11.8 Å². The van der Waals surface area contributed by atoms with Crippen molar-refractivity contribution in [3.63, 3.8) is 0 Å². The van der Waals surface area contributed by atoms with Gasteiger partial charge in [-0.3, -0.25) is 4.57 Å². The standard InChI is InChI=1S/C21H19N3OS/c1-16-7-5-10-18(13-16)20-22-23-21(24(20)14-19-11-6-12-25-19)26-15-17-8-3-2-4-9-17/h2-13H,14-15H2,1H3. The molecule has 0 saturated carbocycles. The first-order valence-corrected chi connectivity index (χ1v) is 9.47. The van der Waals surface area contributed by atoms with Crippen molar-refractivity contribution in [3.05, 3.63) is 89.9 Å². The van der Waals surface area contributed by atoms with Gasteiger partial charge >= 0.3 is 0 Å². The number of aryl methyl sites for hydroxylation is 1. The summed E-state index contributed by atoms with van der Waals surface area (Å²) in [5.41, 5.74) is 3.53. The molecule has 4 nitrogen and oxygen atoms in total. The lowest BCUT2D eigenvalue weighted by molar-refractivity contribution is 0.485. The third-order valence-corrected chi connectivity index (χ3v) is 5.14. The van der Waals surface area contributed by atoms with Crippen LogP contribution in [0.15, 0.2) is 82.6 Å². The summed E-state index contributed by atoms with van der Waals surface area (Å²) in [5.74, 6) is 2.60. The van der Waals surface area contributed by atoms with Gasteiger partial charge in [0.25, 0.3) is 0 Å². The highest BCUT2D eigenvalue weighted by Gasteiger charge is 2.16. The van der Waals surface area contributed by atoms with Gasteiger partial charge in [-0.15, -0.1) is 10.2 Å². The van der Waals surface area contributed by atoms with E-state index in [4.69, 9.17) is 4.42 Å². The second-order valence-electron chi connectivity index (χ2n) is 6.12. The van der Waals surface area contributed by atoms with Crippen LogP contribution < -0.4 is 0 Å². The third kappa shape index (κ3) is 3.73. The topological polar surface area (TPSA) is 43.9 Å². The van der Waals surface area contributed by atoms with E-state index < -0.39 is 0 Å². The Hall–Kier alpha value is -2.79. The first kappa shape index (κ1) is 16.7. The van der Waals surface area contributed by atoms with Gasteiger partial charge in [-0.1, -0.05) is 65.9 Å². The Morgan fingerprint density at radius 2 is 1.85 bits per heavy atom. The van der Waals surface area contributed by atoms with Crippen LogP contribution in [0, 0.1) is 6.92 Å². The molecule has 0 aliphatic heterocycles. The fourth-order valence-electron chi connectivity index (χ4n) is 2.82. The molecule has 2 aromatic heterocycles. The molecule has 0 atom stereocenters. The van der Waals surface area contributed by atoms with Crippen LogP contribution in [0.3, 0.4) is 0 Å². The molecule has 0 aliphatic carbocycles. The van der Waals surface area contributed by atoms with Crippen molar-refractivity contribution in [1.29, 1.82) is 0 Å². The lowest BCUT2D eigenvalue weighted by atomic mass is 10.1. The van der Waals surface area contributed by atoms with Crippen LogP contribution in [0.5, 0.6) is 0 Å².